The van der Waals surface area contributed by atoms with Gasteiger partial charge in [-0.1, -0.05) is 84.9 Å². The van der Waals surface area contributed by atoms with Crippen LogP contribution in [0.15, 0.2) is 103 Å². The van der Waals surface area contributed by atoms with Crippen molar-refractivity contribution in [2.45, 2.75) is 0 Å². The Balaban J connectivity index is 1.74. The van der Waals surface area contributed by atoms with Gasteiger partial charge >= 0.3 is 0 Å². The fourth-order valence-electron chi connectivity index (χ4n) is 3.63. The van der Waals surface area contributed by atoms with Crippen molar-refractivity contribution < 1.29 is 0 Å². The van der Waals surface area contributed by atoms with Gasteiger partial charge in [0.15, 0.2) is 0 Å². The Labute approximate surface area is 152 Å². The molecule has 0 radical (unpaired) electrons. The van der Waals surface area contributed by atoms with Gasteiger partial charge in [0.05, 0.1) is 5.69 Å². The fraction of sp³-hybridized carbons (Fsp3) is 0. The summed E-state index contributed by atoms with van der Waals surface area (Å²) in [6.07, 6.45) is 1.91. The molecular weight excluding hydrogens is 314 g/mol. The Morgan fingerprint density at radius 1 is 0.462 bits per heavy atom. The van der Waals surface area contributed by atoms with Crippen LogP contribution >= 0.6 is 0 Å². The lowest BCUT2D eigenvalue weighted by Gasteiger charge is -2.10. The molecule has 0 spiro atoms. The summed E-state index contributed by atoms with van der Waals surface area (Å²) in [4.78, 5) is 4.65. The normalized spacial score (nSPS) is 11.1. The number of nitrogens with zero attached hydrogens (tertiary/aromatic N) is 1. The number of fused-ring (bicyclic) bond motifs is 3. The van der Waals surface area contributed by atoms with Crippen LogP contribution in [0.4, 0.5) is 0 Å². The Morgan fingerprint density at radius 2 is 1.15 bits per heavy atom. The van der Waals surface area contributed by atoms with Crippen molar-refractivity contribution in [3.8, 4) is 22.4 Å². The van der Waals surface area contributed by atoms with Crippen LogP contribution in [0.5, 0.6) is 0 Å². The van der Waals surface area contributed by atoms with E-state index in [1.54, 1.807) is 0 Å². The average Bonchev–Trinajstić information content (AvgIpc) is 2.74. The van der Waals surface area contributed by atoms with Crippen molar-refractivity contribution in [3.63, 3.8) is 0 Å². The molecule has 4 aromatic carbocycles. The number of aromatic nitrogens is 1. The summed E-state index contributed by atoms with van der Waals surface area (Å²) in [5.41, 5.74) is 4.68. The molecular formula is C25H17N. The first-order chi connectivity index (χ1) is 12.9. The van der Waals surface area contributed by atoms with Gasteiger partial charge in [-0.2, -0.15) is 0 Å². The minimum atomic E-state index is 1.04. The van der Waals surface area contributed by atoms with Crippen molar-refractivity contribution in [3.05, 3.63) is 103 Å². The van der Waals surface area contributed by atoms with Gasteiger partial charge in [-0.25, -0.2) is 0 Å². The third-order valence-electron chi connectivity index (χ3n) is 4.92. The molecule has 0 unspecified atom stereocenters. The predicted octanol–water partition coefficient (Wildman–Crippen LogP) is 6.72. The van der Waals surface area contributed by atoms with E-state index in [4.69, 9.17) is 0 Å². The second kappa shape index (κ2) is 6.12. The molecule has 122 valence electrons. The van der Waals surface area contributed by atoms with Gasteiger partial charge in [-0.05, 0) is 39.4 Å². The molecule has 0 amide bonds. The first-order valence-electron chi connectivity index (χ1n) is 8.82. The Kier molecular flexibility index (Phi) is 3.50. The van der Waals surface area contributed by atoms with Crippen molar-refractivity contribution in [2.24, 2.45) is 0 Å². The van der Waals surface area contributed by atoms with Crippen molar-refractivity contribution in [1.29, 1.82) is 0 Å². The number of hydrogen-bond donors (Lipinski definition) is 0. The van der Waals surface area contributed by atoms with Crippen molar-refractivity contribution in [2.75, 3.05) is 0 Å². The summed E-state index contributed by atoms with van der Waals surface area (Å²) in [6, 6.07) is 34.1. The van der Waals surface area contributed by atoms with Gasteiger partial charge < -0.3 is 0 Å². The van der Waals surface area contributed by atoms with E-state index in [2.05, 4.69) is 96.0 Å². The van der Waals surface area contributed by atoms with Crippen LogP contribution in [0.2, 0.25) is 0 Å². The zero-order chi connectivity index (χ0) is 17.3. The van der Waals surface area contributed by atoms with E-state index in [9.17, 15) is 0 Å². The Morgan fingerprint density at radius 3 is 1.92 bits per heavy atom. The summed E-state index contributed by atoms with van der Waals surface area (Å²) >= 11 is 0. The molecule has 1 nitrogen and oxygen atoms in total. The summed E-state index contributed by atoms with van der Waals surface area (Å²) in [6.45, 7) is 0. The molecule has 0 aliphatic heterocycles. The van der Waals surface area contributed by atoms with Crippen LogP contribution in [0.3, 0.4) is 0 Å². The molecule has 5 aromatic rings. The number of benzene rings is 4. The Bertz CT molecular complexity index is 1210. The highest BCUT2D eigenvalue weighted by Gasteiger charge is 2.08. The second-order valence-electron chi connectivity index (χ2n) is 6.49. The lowest BCUT2D eigenvalue weighted by atomic mass is 9.96. The average molecular weight is 331 g/mol. The molecule has 0 fully saturated rings. The molecule has 0 saturated heterocycles. The van der Waals surface area contributed by atoms with E-state index in [0.29, 0.717) is 0 Å². The van der Waals surface area contributed by atoms with Crippen LogP contribution in [-0.4, -0.2) is 4.98 Å². The minimum absolute atomic E-state index is 1.04. The smallest absolute Gasteiger partial charge is 0.0780 e. The van der Waals surface area contributed by atoms with Gasteiger partial charge in [0.1, 0.15) is 0 Å². The standard InChI is InChI=1S/C25H17N/c1-3-7-18(8-4-1)20-11-13-22-21(17-20)12-14-24-23(22)15-16-26-25(24)19-9-5-2-6-10-19/h1-17H. The van der Waals surface area contributed by atoms with Gasteiger partial charge in [0, 0.05) is 17.1 Å². The molecule has 1 heteroatoms. The van der Waals surface area contributed by atoms with Crippen LogP contribution in [0.25, 0.3) is 43.9 Å². The molecule has 0 bridgehead atoms. The quantitative estimate of drug-likeness (QED) is 0.327. The summed E-state index contributed by atoms with van der Waals surface area (Å²) in [7, 11) is 0. The highest BCUT2D eigenvalue weighted by Crippen LogP contribution is 2.33. The zero-order valence-electron chi connectivity index (χ0n) is 14.3. The zero-order valence-corrected chi connectivity index (χ0v) is 14.3. The SMILES string of the molecule is c1ccc(-c2ccc3c(ccc4c(-c5ccccc5)nccc43)c2)cc1. The third-order valence-corrected chi connectivity index (χ3v) is 4.92. The lowest BCUT2D eigenvalue weighted by molar-refractivity contribution is 1.36. The Hall–Kier alpha value is -3.45. The van der Waals surface area contributed by atoms with E-state index in [0.717, 1.165) is 11.3 Å². The van der Waals surface area contributed by atoms with Crippen molar-refractivity contribution in [1.82, 2.24) is 4.98 Å². The van der Waals surface area contributed by atoms with E-state index in [-0.39, 0.29) is 0 Å². The molecule has 26 heavy (non-hydrogen) atoms. The second-order valence-corrected chi connectivity index (χ2v) is 6.49. The van der Waals surface area contributed by atoms with Gasteiger partial charge in [0.25, 0.3) is 0 Å². The highest BCUT2D eigenvalue weighted by molar-refractivity contribution is 6.11. The van der Waals surface area contributed by atoms with Crippen LogP contribution in [0.1, 0.15) is 0 Å². The van der Waals surface area contributed by atoms with Crippen LogP contribution < -0.4 is 0 Å². The number of pyridine rings is 1. The first kappa shape index (κ1) is 14.9. The van der Waals surface area contributed by atoms with E-state index in [1.807, 2.05) is 12.3 Å². The summed E-state index contributed by atoms with van der Waals surface area (Å²) in [5, 5.41) is 4.96. The fourth-order valence-corrected chi connectivity index (χ4v) is 3.63. The van der Waals surface area contributed by atoms with Gasteiger partial charge in [0.2, 0.25) is 0 Å². The molecule has 0 aliphatic carbocycles. The number of hydrogen-bond acceptors (Lipinski definition) is 1. The van der Waals surface area contributed by atoms with Gasteiger partial charge in [-0.15, -0.1) is 0 Å². The summed E-state index contributed by atoms with van der Waals surface area (Å²) < 4.78 is 0. The van der Waals surface area contributed by atoms with Crippen LogP contribution in [0, 0.1) is 0 Å². The monoisotopic (exact) mass is 331 g/mol. The van der Waals surface area contributed by atoms with Crippen LogP contribution in [-0.2, 0) is 0 Å². The predicted molar refractivity (Wildman–Crippen MR) is 110 cm³/mol. The number of rotatable bonds is 2. The minimum Gasteiger partial charge on any atom is -0.256 e. The molecule has 0 aliphatic rings. The largest absolute Gasteiger partial charge is 0.256 e. The maximum atomic E-state index is 4.65. The molecule has 1 heterocycles. The van der Waals surface area contributed by atoms with E-state index < -0.39 is 0 Å². The van der Waals surface area contributed by atoms with Crippen molar-refractivity contribution >= 4 is 21.5 Å². The van der Waals surface area contributed by atoms with E-state index in [1.165, 1.54) is 32.7 Å². The highest BCUT2D eigenvalue weighted by atomic mass is 14.7. The molecule has 0 saturated carbocycles. The molecule has 5 rings (SSSR count). The van der Waals surface area contributed by atoms with E-state index >= 15 is 0 Å². The summed E-state index contributed by atoms with van der Waals surface area (Å²) in [5.74, 6) is 0. The first-order valence-corrected chi connectivity index (χ1v) is 8.82. The molecule has 1 aromatic heterocycles. The third kappa shape index (κ3) is 2.46. The van der Waals surface area contributed by atoms with Gasteiger partial charge in [-0.3, -0.25) is 4.98 Å². The maximum absolute atomic E-state index is 4.65. The lowest BCUT2D eigenvalue weighted by Crippen LogP contribution is -1.87. The molecule has 0 N–H and O–H groups in total. The maximum Gasteiger partial charge on any atom is 0.0780 e. The topological polar surface area (TPSA) is 12.9 Å². The molecule has 0 atom stereocenters.